The second-order valence-electron chi connectivity index (χ2n) is 7.50. The van der Waals surface area contributed by atoms with Crippen LogP contribution in [0.5, 0.6) is 11.5 Å². The molecule has 20 heteroatoms. The minimum atomic E-state index is -6.79. The third kappa shape index (κ3) is 6.91. The van der Waals surface area contributed by atoms with Crippen LogP contribution in [-0.4, -0.2) is 37.6 Å². The molecule has 0 heterocycles. The fraction of sp³-hybridized carbons (Fsp3) is 0.333. The van der Waals surface area contributed by atoms with E-state index in [0.717, 1.165) is 0 Å². The van der Waals surface area contributed by atoms with Gasteiger partial charge in [0.15, 0.2) is 48.0 Å². The Kier molecular flexibility index (Phi) is 9.44. The predicted molar refractivity (Wildman–Crippen MR) is 100 cm³/mol. The van der Waals surface area contributed by atoms with Crippen LogP contribution in [0.15, 0.2) is 6.58 Å². The van der Waals surface area contributed by atoms with Crippen LogP contribution < -0.4 is 9.47 Å². The molecule has 4 nitrogen and oxygen atoms in total. The molecule has 41 heavy (non-hydrogen) atoms. The van der Waals surface area contributed by atoms with E-state index >= 15 is 0 Å². The Bertz CT molecular complexity index is 1270. The molecule has 2 aromatic carbocycles. The molecule has 0 amide bonds. The van der Waals surface area contributed by atoms with Gasteiger partial charge in [-0.05, 0) is 6.92 Å². The highest BCUT2D eigenvalue weighted by atomic mass is 19.3. The molecule has 2 rings (SSSR count). The summed E-state index contributed by atoms with van der Waals surface area (Å²) in [7, 11) is 0. The van der Waals surface area contributed by atoms with Gasteiger partial charge in [0.25, 0.3) is 0 Å². The zero-order valence-electron chi connectivity index (χ0n) is 19.4. The Morgan fingerprint density at radius 1 is 0.537 bits per heavy atom. The third-order valence-corrected chi connectivity index (χ3v) is 4.57. The van der Waals surface area contributed by atoms with Crippen LogP contribution in [0.25, 0.3) is 6.08 Å². The van der Waals surface area contributed by atoms with E-state index in [-0.39, 0.29) is 6.08 Å². The summed E-state index contributed by atoms with van der Waals surface area (Å²) in [6.45, 7) is -2.47. The zero-order chi connectivity index (χ0) is 31.9. The fourth-order valence-electron chi connectivity index (χ4n) is 2.65. The summed E-state index contributed by atoms with van der Waals surface area (Å²) in [6.07, 6.45) is -24.9. The van der Waals surface area contributed by atoms with Gasteiger partial charge in [0.2, 0.25) is 23.3 Å². The van der Waals surface area contributed by atoms with E-state index < -0.39 is 107 Å². The normalized spacial score (nSPS) is 13.0. The minimum Gasteiger partial charge on any atom is -0.478 e. The molecule has 0 spiro atoms. The first kappa shape index (κ1) is 33.8. The molecule has 0 atom stereocenters. The van der Waals surface area contributed by atoms with E-state index in [1.54, 1.807) is 0 Å². The molecular formula is C21H10F16O4. The average Bonchev–Trinajstić information content (AvgIpc) is 2.84. The number of halogens is 16. The lowest BCUT2D eigenvalue weighted by Crippen LogP contribution is -2.53. The summed E-state index contributed by atoms with van der Waals surface area (Å²) in [6, 6.07) is 0. The van der Waals surface area contributed by atoms with E-state index in [1.165, 1.54) is 0 Å². The second-order valence-corrected chi connectivity index (χ2v) is 7.50. The van der Waals surface area contributed by atoms with Crippen LogP contribution in [-0.2, 0) is 9.47 Å². The van der Waals surface area contributed by atoms with Gasteiger partial charge in [0, 0.05) is 5.56 Å². The molecule has 0 saturated heterocycles. The van der Waals surface area contributed by atoms with Crippen molar-refractivity contribution in [2.75, 3.05) is 13.2 Å². The van der Waals surface area contributed by atoms with Gasteiger partial charge in [-0.25, -0.2) is 27.0 Å². The van der Waals surface area contributed by atoms with Crippen molar-refractivity contribution in [1.82, 2.24) is 0 Å². The highest BCUT2D eigenvalue weighted by Crippen LogP contribution is 2.44. The van der Waals surface area contributed by atoms with Crippen LogP contribution in [0.3, 0.4) is 0 Å². The molecule has 230 valence electrons. The van der Waals surface area contributed by atoms with Crippen molar-refractivity contribution < 1.29 is 89.2 Å². The number of benzene rings is 2. The Morgan fingerprint density at radius 3 is 1.12 bits per heavy atom. The summed E-state index contributed by atoms with van der Waals surface area (Å²) in [5.41, 5.74) is -2.76. The van der Waals surface area contributed by atoms with Gasteiger partial charge in [-0.15, -0.1) is 0 Å². The number of alkyl halides is 8. The quantitative estimate of drug-likeness (QED) is 0.179. The van der Waals surface area contributed by atoms with Crippen molar-refractivity contribution in [2.24, 2.45) is 0 Å². The van der Waals surface area contributed by atoms with Crippen molar-refractivity contribution in [3.8, 4) is 11.5 Å². The topological polar surface area (TPSA) is 36.9 Å². The molecule has 0 bridgehead atoms. The smallest absolute Gasteiger partial charge is 0.453 e. The lowest BCUT2D eigenvalue weighted by Gasteiger charge is -2.31. The van der Waals surface area contributed by atoms with Gasteiger partial charge < -0.3 is 9.47 Å². The van der Waals surface area contributed by atoms with Gasteiger partial charge in [0.1, 0.15) is 0 Å². The molecule has 0 aromatic heterocycles. The van der Waals surface area contributed by atoms with E-state index in [1.807, 2.05) is 0 Å². The first-order chi connectivity index (χ1) is 18.5. The Labute approximate surface area is 216 Å². The summed E-state index contributed by atoms with van der Waals surface area (Å²) >= 11 is 0. The van der Waals surface area contributed by atoms with Gasteiger partial charge in [-0.1, -0.05) is 12.7 Å². The van der Waals surface area contributed by atoms with Gasteiger partial charge in [0.05, 0.1) is 5.56 Å². The highest BCUT2D eigenvalue weighted by molar-refractivity contribution is 5.52. The average molecular weight is 630 g/mol. The van der Waals surface area contributed by atoms with Crippen LogP contribution in [0.1, 0.15) is 11.1 Å². The monoisotopic (exact) mass is 630 g/mol. The Morgan fingerprint density at radius 2 is 0.829 bits per heavy atom. The lowest BCUT2D eigenvalue weighted by molar-refractivity contribution is -0.514. The lowest BCUT2D eigenvalue weighted by atomic mass is 10.1. The number of ether oxygens (including phenoxy) is 4. The number of rotatable bonds is 12. The van der Waals surface area contributed by atoms with Crippen LogP contribution >= 0.6 is 0 Å². The summed E-state index contributed by atoms with van der Waals surface area (Å²) in [5.74, 6) is -23.4. The minimum absolute atomic E-state index is 0.242. The SMILES string of the molecule is C=Cc1c(F)c(F)c(OCC(F)(F)OC(F)(F)C(F)(F)OC(F)(F)COc2c(F)c(F)c(C)c(F)c2F)c(F)c1F. The maximum Gasteiger partial charge on any atom is 0.453 e. The van der Waals surface area contributed by atoms with Crippen LogP contribution in [0, 0.1) is 53.5 Å². The molecule has 0 fully saturated rings. The molecule has 0 aliphatic rings. The van der Waals surface area contributed by atoms with Crippen molar-refractivity contribution in [3.05, 3.63) is 64.2 Å². The summed E-state index contributed by atoms with van der Waals surface area (Å²) < 4.78 is 231. The van der Waals surface area contributed by atoms with Gasteiger partial charge in [-0.2, -0.15) is 52.7 Å². The number of hydrogen-bond donors (Lipinski definition) is 0. The standard InChI is InChI=1S/C21H10F16O4/c1-3-7-10(24)14(28)17(15(29)11(7)25)39-5-19(32,33)41-21(36,37)20(34,35)40-18(30,31)4-38-16-12(26)8(22)6(2)9(23)13(16)27/h3H,1,4-5H2,2H3. The van der Waals surface area contributed by atoms with Crippen molar-refractivity contribution in [1.29, 1.82) is 0 Å². The predicted octanol–water partition coefficient (Wildman–Crippen LogP) is 7.61. The van der Waals surface area contributed by atoms with Gasteiger partial charge in [-0.3, -0.25) is 0 Å². The number of hydrogen-bond acceptors (Lipinski definition) is 4. The molecule has 0 N–H and O–H groups in total. The van der Waals surface area contributed by atoms with Crippen molar-refractivity contribution in [3.63, 3.8) is 0 Å². The Balaban J connectivity index is 2.18. The largest absolute Gasteiger partial charge is 0.478 e. The van der Waals surface area contributed by atoms with E-state index in [2.05, 4.69) is 25.5 Å². The maximum atomic E-state index is 13.8. The molecule has 0 aliphatic carbocycles. The first-order valence-electron chi connectivity index (χ1n) is 9.98. The van der Waals surface area contributed by atoms with Crippen LogP contribution in [0.2, 0.25) is 0 Å². The van der Waals surface area contributed by atoms with Crippen molar-refractivity contribution >= 4 is 6.08 Å². The molecule has 2 aromatic rings. The van der Waals surface area contributed by atoms with Crippen LogP contribution in [0.4, 0.5) is 70.2 Å². The molecule has 0 aliphatic heterocycles. The first-order valence-corrected chi connectivity index (χ1v) is 9.98. The summed E-state index contributed by atoms with van der Waals surface area (Å²) in [4.78, 5) is 0. The van der Waals surface area contributed by atoms with Gasteiger partial charge >= 0.3 is 24.4 Å². The molecule has 0 radical (unpaired) electrons. The Hall–Kier alpha value is -3.42. The highest BCUT2D eigenvalue weighted by Gasteiger charge is 2.67. The van der Waals surface area contributed by atoms with E-state index in [9.17, 15) is 70.2 Å². The van der Waals surface area contributed by atoms with E-state index in [0.29, 0.717) is 6.92 Å². The maximum absolute atomic E-state index is 13.8. The molecule has 0 saturated carbocycles. The summed E-state index contributed by atoms with van der Waals surface area (Å²) in [5, 5.41) is 0. The van der Waals surface area contributed by atoms with Crippen molar-refractivity contribution in [2.45, 2.75) is 31.4 Å². The zero-order valence-corrected chi connectivity index (χ0v) is 19.4. The van der Waals surface area contributed by atoms with E-state index in [4.69, 9.17) is 0 Å². The third-order valence-electron chi connectivity index (χ3n) is 4.57. The fourth-order valence-corrected chi connectivity index (χ4v) is 2.65. The molecular weight excluding hydrogens is 620 g/mol. The molecule has 0 unspecified atom stereocenters. The second kappa shape index (κ2) is 11.5.